The molecule has 0 amide bonds. The standard InChI is InChI=1S/C22H28N6O/c1-15-13-24-22(25-14-15)28-8-5-18(6-9-28)20-4-3-17(20)7-10-29-21-11-19(12-23)26-16(2)27-21/h11,13-14,17-18,20H,3-10H2,1-2H3. The molecule has 0 radical (unpaired) electrons. The summed E-state index contributed by atoms with van der Waals surface area (Å²) in [5.41, 5.74) is 1.46. The number of hydrogen-bond donors (Lipinski definition) is 0. The lowest BCUT2D eigenvalue weighted by atomic mass is 9.63. The summed E-state index contributed by atoms with van der Waals surface area (Å²) in [6, 6.07) is 3.67. The topological polar surface area (TPSA) is 87.8 Å². The summed E-state index contributed by atoms with van der Waals surface area (Å²) in [7, 11) is 0. The third-order valence-electron chi connectivity index (χ3n) is 6.34. The lowest BCUT2D eigenvalue weighted by Gasteiger charge is -2.45. The molecular weight excluding hydrogens is 364 g/mol. The molecule has 2 unspecified atom stereocenters. The van der Waals surface area contributed by atoms with E-state index in [0.29, 0.717) is 24.0 Å². The van der Waals surface area contributed by atoms with E-state index in [0.717, 1.165) is 48.8 Å². The minimum Gasteiger partial charge on any atom is -0.478 e. The predicted octanol–water partition coefficient (Wildman–Crippen LogP) is 3.47. The monoisotopic (exact) mass is 392 g/mol. The van der Waals surface area contributed by atoms with Crippen LogP contribution in [0.15, 0.2) is 18.5 Å². The maximum Gasteiger partial charge on any atom is 0.225 e. The van der Waals surface area contributed by atoms with E-state index in [4.69, 9.17) is 10.00 Å². The number of rotatable bonds is 6. The first-order valence-corrected chi connectivity index (χ1v) is 10.5. The summed E-state index contributed by atoms with van der Waals surface area (Å²) in [6.07, 6.45) is 9.91. The molecule has 7 nitrogen and oxygen atoms in total. The molecule has 152 valence electrons. The summed E-state index contributed by atoms with van der Waals surface area (Å²) in [4.78, 5) is 19.6. The van der Waals surface area contributed by atoms with Crippen LogP contribution in [0.2, 0.25) is 0 Å². The van der Waals surface area contributed by atoms with Crippen molar-refractivity contribution in [2.45, 2.75) is 46.0 Å². The zero-order valence-electron chi connectivity index (χ0n) is 17.2. The first-order chi connectivity index (χ1) is 14.1. The largest absolute Gasteiger partial charge is 0.478 e. The van der Waals surface area contributed by atoms with Gasteiger partial charge >= 0.3 is 0 Å². The smallest absolute Gasteiger partial charge is 0.225 e. The molecule has 2 aliphatic rings. The van der Waals surface area contributed by atoms with Crippen molar-refractivity contribution < 1.29 is 4.74 Å². The number of hydrogen-bond acceptors (Lipinski definition) is 7. The van der Waals surface area contributed by atoms with E-state index in [2.05, 4.69) is 30.9 Å². The Balaban J connectivity index is 1.24. The van der Waals surface area contributed by atoms with E-state index < -0.39 is 0 Å². The highest BCUT2D eigenvalue weighted by molar-refractivity contribution is 5.30. The maximum atomic E-state index is 9.02. The average molecular weight is 393 g/mol. The van der Waals surface area contributed by atoms with Gasteiger partial charge in [0.2, 0.25) is 11.8 Å². The van der Waals surface area contributed by atoms with Crippen LogP contribution in [0.1, 0.15) is 49.2 Å². The zero-order chi connectivity index (χ0) is 20.2. The second-order valence-corrected chi connectivity index (χ2v) is 8.27. The fourth-order valence-electron chi connectivity index (χ4n) is 4.64. The average Bonchev–Trinajstić information content (AvgIpc) is 2.71. The van der Waals surface area contributed by atoms with Crippen LogP contribution in [0, 0.1) is 42.9 Å². The van der Waals surface area contributed by atoms with Crippen molar-refractivity contribution in [1.29, 1.82) is 5.26 Å². The lowest BCUT2D eigenvalue weighted by Crippen LogP contribution is -2.42. The SMILES string of the molecule is Cc1cnc(N2CCC(C3CCC3CCOc3cc(C#N)nc(C)n3)CC2)nc1. The van der Waals surface area contributed by atoms with Crippen LogP contribution < -0.4 is 9.64 Å². The van der Waals surface area contributed by atoms with Gasteiger partial charge in [-0.15, -0.1) is 0 Å². The number of anilines is 1. The van der Waals surface area contributed by atoms with Gasteiger partial charge in [0, 0.05) is 31.5 Å². The van der Waals surface area contributed by atoms with Gasteiger partial charge in [0.25, 0.3) is 0 Å². The molecule has 0 spiro atoms. The molecule has 3 heterocycles. The van der Waals surface area contributed by atoms with Crippen molar-refractivity contribution in [2.75, 3.05) is 24.6 Å². The molecule has 0 bridgehead atoms. The highest BCUT2D eigenvalue weighted by atomic mass is 16.5. The molecule has 7 heteroatoms. The second-order valence-electron chi connectivity index (χ2n) is 8.27. The van der Waals surface area contributed by atoms with E-state index in [-0.39, 0.29) is 0 Å². The highest BCUT2D eigenvalue weighted by Crippen LogP contribution is 2.45. The minimum absolute atomic E-state index is 0.360. The Morgan fingerprint density at radius 1 is 1.10 bits per heavy atom. The predicted molar refractivity (Wildman–Crippen MR) is 110 cm³/mol. The Hall–Kier alpha value is -2.75. The van der Waals surface area contributed by atoms with Crippen molar-refractivity contribution in [3.63, 3.8) is 0 Å². The number of nitriles is 1. The van der Waals surface area contributed by atoms with Crippen LogP contribution >= 0.6 is 0 Å². The number of ether oxygens (including phenoxy) is 1. The van der Waals surface area contributed by atoms with Crippen LogP contribution in [-0.2, 0) is 0 Å². The van der Waals surface area contributed by atoms with E-state index in [1.165, 1.54) is 25.7 Å². The summed E-state index contributed by atoms with van der Waals surface area (Å²) < 4.78 is 5.83. The fraction of sp³-hybridized carbons (Fsp3) is 0.591. The second kappa shape index (κ2) is 8.73. The van der Waals surface area contributed by atoms with E-state index in [9.17, 15) is 0 Å². The Bertz CT molecular complexity index is 870. The van der Waals surface area contributed by atoms with Gasteiger partial charge in [-0.25, -0.2) is 15.0 Å². The Morgan fingerprint density at radius 3 is 2.52 bits per heavy atom. The molecule has 0 aromatic carbocycles. The third-order valence-corrected chi connectivity index (χ3v) is 6.34. The zero-order valence-corrected chi connectivity index (χ0v) is 17.2. The third kappa shape index (κ3) is 4.64. The molecule has 1 saturated heterocycles. The van der Waals surface area contributed by atoms with Crippen LogP contribution in [0.5, 0.6) is 5.88 Å². The summed E-state index contributed by atoms with van der Waals surface area (Å²) in [6.45, 7) is 6.54. The van der Waals surface area contributed by atoms with E-state index in [1.54, 1.807) is 13.0 Å². The molecule has 2 aromatic rings. The molecule has 1 saturated carbocycles. The van der Waals surface area contributed by atoms with Gasteiger partial charge in [0.1, 0.15) is 17.6 Å². The minimum atomic E-state index is 0.360. The normalized spacial score (nSPS) is 22.0. The first-order valence-electron chi connectivity index (χ1n) is 10.5. The van der Waals surface area contributed by atoms with Gasteiger partial charge in [-0.2, -0.15) is 10.2 Å². The molecule has 1 aliphatic carbocycles. The number of aromatic nitrogens is 4. The molecule has 2 fully saturated rings. The van der Waals surface area contributed by atoms with Crippen LogP contribution in [0.25, 0.3) is 0 Å². The molecule has 29 heavy (non-hydrogen) atoms. The van der Waals surface area contributed by atoms with Crippen molar-refractivity contribution in [3.8, 4) is 11.9 Å². The van der Waals surface area contributed by atoms with Crippen LogP contribution in [0.4, 0.5) is 5.95 Å². The highest BCUT2D eigenvalue weighted by Gasteiger charge is 2.38. The number of nitrogens with zero attached hydrogens (tertiary/aromatic N) is 6. The summed E-state index contributed by atoms with van der Waals surface area (Å²) in [5, 5.41) is 9.02. The van der Waals surface area contributed by atoms with Gasteiger partial charge in [0.05, 0.1) is 6.61 Å². The first kappa shape index (κ1) is 19.6. The van der Waals surface area contributed by atoms with Gasteiger partial charge in [-0.05, 0) is 69.3 Å². The van der Waals surface area contributed by atoms with Gasteiger partial charge in [0.15, 0.2) is 0 Å². The quantitative estimate of drug-likeness (QED) is 0.744. The molecule has 2 aromatic heterocycles. The van der Waals surface area contributed by atoms with Gasteiger partial charge in [-0.3, -0.25) is 0 Å². The van der Waals surface area contributed by atoms with Crippen LogP contribution in [0.3, 0.4) is 0 Å². The Morgan fingerprint density at radius 2 is 1.86 bits per heavy atom. The Labute approximate surface area is 172 Å². The summed E-state index contributed by atoms with van der Waals surface area (Å²) >= 11 is 0. The lowest BCUT2D eigenvalue weighted by molar-refractivity contribution is 0.0677. The number of piperidine rings is 1. The van der Waals surface area contributed by atoms with Crippen LogP contribution in [-0.4, -0.2) is 39.6 Å². The molecule has 1 aliphatic heterocycles. The molecule has 2 atom stereocenters. The van der Waals surface area contributed by atoms with Gasteiger partial charge in [-0.1, -0.05) is 0 Å². The molecular formula is C22H28N6O. The molecule has 0 N–H and O–H groups in total. The van der Waals surface area contributed by atoms with Crippen molar-refractivity contribution in [2.24, 2.45) is 17.8 Å². The summed E-state index contributed by atoms with van der Waals surface area (Å²) in [5.74, 6) is 4.29. The van der Waals surface area contributed by atoms with E-state index >= 15 is 0 Å². The van der Waals surface area contributed by atoms with Crippen molar-refractivity contribution in [1.82, 2.24) is 19.9 Å². The van der Waals surface area contributed by atoms with Gasteiger partial charge < -0.3 is 9.64 Å². The Kier molecular flexibility index (Phi) is 5.89. The maximum absolute atomic E-state index is 9.02. The number of aryl methyl sites for hydroxylation is 2. The molecule has 4 rings (SSSR count). The van der Waals surface area contributed by atoms with E-state index in [1.807, 2.05) is 19.3 Å². The van der Waals surface area contributed by atoms with Crippen molar-refractivity contribution in [3.05, 3.63) is 35.5 Å². The fourth-order valence-corrected chi connectivity index (χ4v) is 4.64. The van der Waals surface area contributed by atoms with Crippen molar-refractivity contribution >= 4 is 5.95 Å².